The first-order chi connectivity index (χ1) is 12.7. The van der Waals surface area contributed by atoms with E-state index in [9.17, 15) is 4.79 Å². The van der Waals surface area contributed by atoms with Gasteiger partial charge in [0.25, 0.3) is 0 Å². The fourth-order valence-electron chi connectivity index (χ4n) is 4.10. The molecule has 0 unspecified atom stereocenters. The molecule has 1 aromatic heterocycles. The highest BCUT2D eigenvalue weighted by atomic mass is 32.2. The lowest BCUT2D eigenvalue weighted by molar-refractivity contribution is 0.0935. The first-order valence-corrected chi connectivity index (χ1v) is 12.0. The number of likely N-dealkylation sites (tertiary alicyclic amines) is 1. The molecule has 0 bridgehead atoms. The Morgan fingerprint density at radius 3 is 2.58 bits per heavy atom. The van der Waals surface area contributed by atoms with Crippen LogP contribution < -0.4 is 5.32 Å². The number of aromatic nitrogens is 1. The molecule has 26 heavy (non-hydrogen) atoms. The molecule has 0 radical (unpaired) electrons. The van der Waals surface area contributed by atoms with Crippen LogP contribution in [0.5, 0.6) is 0 Å². The van der Waals surface area contributed by atoms with Crippen LogP contribution in [0.4, 0.5) is 9.93 Å². The van der Waals surface area contributed by atoms with Crippen molar-refractivity contribution in [3.05, 3.63) is 11.1 Å². The van der Waals surface area contributed by atoms with E-state index in [0.29, 0.717) is 12.1 Å². The van der Waals surface area contributed by atoms with E-state index in [1.54, 1.807) is 11.3 Å². The lowest BCUT2D eigenvalue weighted by Crippen LogP contribution is -2.53. The zero-order valence-corrected chi connectivity index (χ0v) is 17.7. The number of aryl methyl sites for hydroxylation is 1. The average Bonchev–Trinajstić information content (AvgIpc) is 3.07. The molecule has 1 saturated carbocycles. The van der Waals surface area contributed by atoms with Gasteiger partial charge < -0.3 is 4.90 Å². The normalized spacial score (nSPS) is 20.2. The van der Waals surface area contributed by atoms with Gasteiger partial charge in [0.1, 0.15) is 0 Å². The van der Waals surface area contributed by atoms with Gasteiger partial charge in [-0.25, -0.2) is 9.78 Å². The summed E-state index contributed by atoms with van der Waals surface area (Å²) in [6.07, 6.45) is 10.1. The zero-order valence-electron chi connectivity index (χ0n) is 16.1. The van der Waals surface area contributed by atoms with E-state index in [-0.39, 0.29) is 6.03 Å². The average molecular weight is 397 g/mol. The monoisotopic (exact) mass is 396 g/mol. The summed E-state index contributed by atoms with van der Waals surface area (Å²) in [4.78, 5) is 23.3. The molecule has 1 saturated heterocycles. The van der Waals surface area contributed by atoms with Gasteiger partial charge in [0, 0.05) is 42.1 Å². The third-order valence-corrected chi connectivity index (χ3v) is 7.25. The second kappa shape index (κ2) is 9.95. The number of carbonyl (C=O) groups is 1. The fraction of sp³-hybridized carbons (Fsp3) is 0.789. The van der Waals surface area contributed by atoms with Crippen LogP contribution in [-0.4, -0.2) is 57.6 Å². The lowest BCUT2D eigenvalue weighted by atomic mass is 9.91. The number of rotatable bonds is 6. The highest BCUT2D eigenvalue weighted by molar-refractivity contribution is 7.99. The summed E-state index contributed by atoms with van der Waals surface area (Å²) in [5.74, 6) is 2.29. The largest absolute Gasteiger partial charge is 0.324 e. The van der Waals surface area contributed by atoms with Crippen LogP contribution in [0.15, 0.2) is 6.20 Å². The van der Waals surface area contributed by atoms with E-state index in [1.807, 2.05) is 24.9 Å². The Balaban J connectivity index is 1.64. The number of hydrogen-bond donors (Lipinski definition) is 1. The molecule has 2 fully saturated rings. The number of nitrogens with one attached hydrogen (secondary N) is 1. The van der Waals surface area contributed by atoms with E-state index >= 15 is 0 Å². The maximum atomic E-state index is 13.1. The smallest absolute Gasteiger partial charge is 0.318 e. The maximum absolute atomic E-state index is 13.1. The summed E-state index contributed by atoms with van der Waals surface area (Å²) >= 11 is 3.54. The van der Waals surface area contributed by atoms with Gasteiger partial charge in [0.2, 0.25) is 0 Å². The summed E-state index contributed by atoms with van der Waals surface area (Å²) in [6, 6.07) is 0.820. The first-order valence-electron chi connectivity index (χ1n) is 9.99. The predicted octanol–water partition coefficient (Wildman–Crippen LogP) is 4.79. The van der Waals surface area contributed by atoms with Crippen LogP contribution >= 0.6 is 23.1 Å². The lowest BCUT2D eigenvalue weighted by Gasteiger charge is -2.43. The van der Waals surface area contributed by atoms with E-state index in [4.69, 9.17) is 0 Å². The van der Waals surface area contributed by atoms with Crippen molar-refractivity contribution in [2.24, 2.45) is 0 Å². The molecule has 2 amide bonds. The topological polar surface area (TPSA) is 48.5 Å². The molecule has 5 nitrogen and oxygen atoms in total. The minimum Gasteiger partial charge on any atom is -0.318 e. The number of amides is 2. The van der Waals surface area contributed by atoms with Crippen molar-refractivity contribution in [3.8, 4) is 0 Å². The van der Waals surface area contributed by atoms with Crippen LogP contribution in [0, 0.1) is 6.92 Å². The second-order valence-corrected chi connectivity index (χ2v) is 9.85. The molecule has 1 aromatic rings. The van der Waals surface area contributed by atoms with Gasteiger partial charge >= 0.3 is 6.03 Å². The van der Waals surface area contributed by atoms with Gasteiger partial charge in [0.05, 0.1) is 0 Å². The highest BCUT2D eigenvalue weighted by Gasteiger charge is 2.34. The summed E-state index contributed by atoms with van der Waals surface area (Å²) in [7, 11) is 0. The quantitative estimate of drug-likeness (QED) is 0.751. The Morgan fingerprint density at radius 1 is 1.27 bits per heavy atom. The predicted molar refractivity (Wildman–Crippen MR) is 112 cm³/mol. The van der Waals surface area contributed by atoms with Crippen molar-refractivity contribution < 1.29 is 4.79 Å². The minimum atomic E-state index is 0.0626. The Labute approximate surface area is 165 Å². The Bertz CT molecular complexity index is 566. The maximum Gasteiger partial charge on any atom is 0.324 e. The number of nitrogens with zero attached hydrogens (tertiary/aromatic N) is 3. The fourth-order valence-corrected chi connectivity index (χ4v) is 5.46. The van der Waals surface area contributed by atoms with Crippen molar-refractivity contribution >= 4 is 34.3 Å². The number of urea groups is 1. The third-order valence-electron chi connectivity index (χ3n) is 5.47. The molecular weight excluding hydrogens is 364 g/mol. The second-order valence-electron chi connectivity index (χ2n) is 7.38. The molecular formula is C19H32N4OS2. The molecule has 0 aromatic carbocycles. The summed E-state index contributed by atoms with van der Waals surface area (Å²) in [5.41, 5.74) is 0. The van der Waals surface area contributed by atoms with Crippen molar-refractivity contribution in [1.82, 2.24) is 14.8 Å². The van der Waals surface area contributed by atoms with Gasteiger partial charge in [-0.05, 0) is 38.4 Å². The molecule has 7 heteroatoms. The highest BCUT2D eigenvalue weighted by Crippen LogP contribution is 2.29. The minimum absolute atomic E-state index is 0.0626. The number of hydrogen-bond acceptors (Lipinski definition) is 5. The molecule has 146 valence electrons. The van der Waals surface area contributed by atoms with Crippen LogP contribution in [0.25, 0.3) is 0 Å². The van der Waals surface area contributed by atoms with E-state index in [1.165, 1.54) is 25.0 Å². The van der Waals surface area contributed by atoms with Crippen molar-refractivity contribution in [1.29, 1.82) is 0 Å². The standard InChI is InChI=1S/C19H32N4OS2/c1-3-25-14-22-11-9-17(10-12-22)23(16-7-5-4-6-8-16)19(24)21-18-20-13-15(2)26-18/h13,16-17H,3-12,14H2,1-2H3,(H,20,21,24). The molecule has 3 rings (SSSR count). The number of thioether (sulfide) groups is 1. The Kier molecular flexibility index (Phi) is 7.64. The Hall–Kier alpha value is -0.790. The van der Waals surface area contributed by atoms with Gasteiger partial charge in [-0.15, -0.1) is 23.1 Å². The van der Waals surface area contributed by atoms with Crippen LogP contribution in [-0.2, 0) is 0 Å². The number of thiazole rings is 1. The SMILES string of the molecule is CCSCN1CCC(N(C(=O)Nc2ncc(C)s2)C2CCCCC2)CC1. The van der Waals surface area contributed by atoms with Gasteiger partial charge in [-0.1, -0.05) is 26.2 Å². The van der Waals surface area contributed by atoms with Crippen LogP contribution in [0.1, 0.15) is 56.7 Å². The number of piperidine rings is 1. The molecule has 1 aliphatic carbocycles. The van der Waals surface area contributed by atoms with Crippen molar-refractivity contribution in [3.63, 3.8) is 0 Å². The number of anilines is 1. The zero-order chi connectivity index (χ0) is 18.4. The van der Waals surface area contributed by atoms with Gasteiger partial charge in [-0.2, -0.15) is 0 Å². The van der Waals surface area contributed by atoms with Gasteiger partial charge in [-0.3, -0.25) is 10.2 Å². The summed E-state index contributed by atoms with van der Waals surface area (Å²) in [5, 5.41) is 3.81. The Morgan fingerprint density at radius 2 is 1.96 bits per heavy atom. The molecule has 1 aliphatic heterocycles. The van der Waals surface area contributed by atoms with Crippen LogP contribution in [0.2, 0.25) is 0 Å². The van der Waals surface area contributed by atoms with Crippen LogP contribution in [0.3, 0.4) is 0 Å². The van der Waals surface area contributed by atoms with Crippen molar-refractivity contribution in [2.75, 3.05) is 30.0 Å². The molecule has 0 atom stereocenters. The van der Waals surface area contributed by atoms with E-state index in [2.05, 4.69) is 27.0 Å². The molecule has 0 spiro atoms. The first kappa shape index (κ1) is 20.0. The van der Waals surface area contributed by atoms with E-state index < -0.39 is 0 Å². The van der Waals surface area contributed by atoms with E-state index in [0.717, 1.165) is 54.7 Å². The summed E-state index contributed by atoms with van der Waals surface area (Å²) < 4.78 is 0. The molecule has 2 aliphatic rings. The molecule has 1 N–H and O–H groups in total. The summed E-state index contributed by atoms with van der Waals surface area (Å²) in [6.45, 7) is 6.44. The third kappa shape index (κ3) is 5.36. The van der Waals surface area contributed by atoms with Gasteiger partial charge in [0.15, 0.2) is 5.13 Å². The molecule has 2 heterocycles. The number of carbonyl (C=O) groups excluding carboxylic acids is 1. The van der Waals surface area contributed by atoms with Crippen molar-refractivity contribution in [2.45, 2.75) is 70.9 Å².